The molecule has 1 rings (SSSR count). The molecule has 0 fully saturated rings. The lowest BCUT2D eigenvalue weighted by molar-refractivity contribution is -0.167. The summed E-state index contributed by atoms with van der Waals surface area (Å²) in [6.45, 7) is 11.6. The maximum absolute atomic E-state index is 11.4. The van der Waals surface area contributed by atoms with Crippen molar-refractivity contribution in [2.75, 3.05) is 72.7 Å². The van der Waals surface area contributed by atoms with Crippen molar-refractivity contribution in [1.82, 2.24) is 31.9 Å². The van der Waals surface area contributed by atoms with Crippen molar-refractivity contribution in [3.05, 3.63) is 58.6 Å². The van der Waals surface area contributed by atoms with Gasteiger partial charge in [-0.25, -0.2) is 47.9 Å². The normalized spacial score (nSPS) is 10.2. The molecule has 28 nitrogen and oxygen atoms in total. The lowest BCUT2D eigenvalue weighted by Crippen LogP contribution is -2.37. The summed E-state index contributed by atoms with van der Waals surface area (Å²) in [4.78, 5) is 133. The lowest BCUT2D eigenvalue weighted by Gasteiger charge is -2.06. The lowest BCUT2D eigenvalue weighted by atomic mass is 10.2. The van der Waals surface area contributed by atoms with E-state index in [2.05, 4.69) is 59.7 Å². The number of carbonyl (C=O) groups excluding carboxylic acids is 11. The van der Waals surface area contributed by atoms with Gasteiger partial charge in [-0.05, 0) is 27.7 Å². The van der Waals surface area contributed by atoms with Gasteiger partial charge in [0.2, 0.25) is 13.6 Å². The Kier molecular flexibility index (Phi) is 35.7. The fourth-order valence-electron chi connectivity index (χ4n) is 3.44. The summed E-state index contributed by atoms with van der Waals surface area (Å²) in [5.41, 5.74) is 0. The summed E-state index contributed by atoms with van der Waals surface area (Å²) < 4.78 is 46.2. The highest BCUT2D eigenvalue weighted by Crippen LogP contribution is 2.06. The van der Waals surface area contributed by atoms with E-state index in [9.17, 15) is 57.5 Å². The highest BCUT2D eigenvalue weighted by molar-refractivity contribution is 5.93. The third-order valence-electron chi connectivity index (χ3n) is 6.49. The molecule has 0 aliphatic heterocycles. The first-order valence-electron chi connectivity index (χ1n) is 20.2. The molecule has 6 N–H and O–H groups in total. The van der Waals surface area contributed by atoms with Crippen LogP contribution in [0.5, 0.6) is 0 Å². The molecule has 0 saturated heterocycles. The molecule has 0 spiro atoms. The smallest absolute Gasteiger partial charge is 0.461 e. The SMILES string of the molecule is CCNC(=O)NCCOC(=O)/C=C/C(=O)OCOC(=O)C(C)C.CCNC(=O)NCCOC(=O)/C=C/C(=O)OCOC(C)=O.CCNC(=O)NCCOC(=O)/C=C/C(=O)OCc1oc(=O)oc1C. The maximum atomic E-state index is 11.4. The van der Waals surface area contributed by atoms with Gasteiger partial charge in [0.05, 0.1) is 25.6 Å². The number of nitrogens with one attached hydrogen (secondary N) is 6. The molecule has 68 heavy (non-hydrogen) atoms. The molecule has 380 valence electrons. The van der Waals surface area contributed by atoms with Gasteiger partial charge in [0.15, 0.2) is 18.1 Å². The summed E-state index contributed by atoms with van der Waals surface area (Å²) in [7, 11) is 0. The van der Waals surface area contributed by atoms with Gasteiger partial charge in [-0.15, -0.1) is 0 Å². The van der Waals surface area contributed by atoms with Gasteiger partial charge < -0.3 is 78.6 Å². The average molecular weight is 975 g/mol. The van der Waals surface area contributed by atoms with Crippen LogP contribution in [0.25, 0.3) is 0 Å². The Morgan fingerprint density at radius 2 is 0.824 bits per heavy atom. The maximum Gasteiger partial charge on any atom is 0.519 e. The number of rotatable bonds is 25. The van der Waals surface area contributed by atoms with Gasteiger partial charge >= 0.3 is 71.7 Å². The second-order valence-electron chi connectivity index (χ2n) is 12.3. The Morgan fingerprint density at radius 1 is 0.485 bits per heavy atom. The summed E-state index contributed by atoms with van der Waals surface area (Å²) >= 11 is 0. The second-order valence-corrected chi connectivity index (χ2v) is 12.3. The second kappa shape index (κ2) is 39.2. The zero-order valence-electron chi connectivity index (χ0n) is 38.5. The molecule has 6 amide bonds. The number of hydrogen-bond acceptors (Lipinski definition) is 22. The molecule has 1 aromatic rings. The van der Waals surface area contributed by atoms with E-state index in [1.165, 1.54) is 6.92 Å². The van der Waals surface area contributed by atoms with Crippen LogP contribution in [0, 0.1) is 12.8 Å². The zero-order chi connectivity index (χ0) is 51.7. The number of amides is 6. The Morgan fingerprint density at radius 3 is 1.13 bits per heavy atom. The minimum absolute atomic E-state index is 0.0389. The number of ether oxygens (including phenoxy) is 8. The molecule has 0 atom stereocenters. The molecule has 0 unspecified atom stereocenters. The van der Waals surface area contributed by atoms with Crippen LogP contribution in [0.15, 0.2) is 50.1 Å². The monoisotopic (exact) mass is 974 g/mol. The van der Waals surface area contributed by atoms with Gasteiger partial charge in [-0.2, -0.15) is 0 Å². The highest BCUT2D eigenvalue weighted by Gasteiger charge is 2.12. The van der Waals surface area contributed by atoms with Crippen LogP contribution in [-0.4, -0.2) is 139 Å². The van der Waals surface area contributed by atoms with E-state index in [4.69, 9.17) is 18.9 Å². The largest absolute Gasteiger partial charge is 0.519 e. The number of hydrogen-bond donors (Lipinski definition) is 6. The Hall–Kier alpha value is -8.20. The first-order valence-corrected chi connectivity index (χ1v) is 20.2. The Bertz CT molecular complexity index is 1940. The quantitative estimate of drug-likeness (QED) is 0.0238. The van der Waals surface area contributed by atoms with Crippen LogP contribution in [0.1, 0.15) is 53.1 Å². The van der Waals surface area contributed by atoms with Gasteiger partial charge in [0.25, 0.3) is 0 Å². The van der Waals surface area contributed by atoms with Crippen LogP contribution in [-0.2, 0) is 82.9 Å². The summed E-state index contributed by atoms with van der Waals surface area (Å²) in [6.07, 6.45) is 5.17. The van der Waals surface area contributed by atoms with Gasteiger partial charge in [0, 0.05) is 63.0 Å². The molecule has 0 aliphatic rings. The van der Waals surface area contributed by atoms with Crippen LogP contribution in [0.2, 0.25) is 0 Å². The fourth-order valence-corrected chi connectivity index (χ4v) is 3.44. The van der Waals surface area contributed by atoms with Crippen LogP contribution in [0.4, 0.5) is 14.4 Å². The fraction of sp³-hybridized carbons (Fsp3) is 0.500. The van der Waals surface area contributed by atoms with Crippen LogP contribution >= 0.6 is 0 Å². The Balaban J connectivity index is 0. The average Bonchev–Trinajstić information content (AvgIpc) is 3.61. The molecule has 0 saturated carbocycles. The van der Waals surface area contributed by atoms with Crippen molar-refractivity contribution in [2.45, 2.75) is 55.1 Å². The van der Waals surface area contributed by atoms with Gasteiger partial charge in [-0.3, -0.25) is 9.59 Å². The number of urea groups is 3. The third-order valence-corrected chi connectivity index (χ3v) is 6.49. The van der Waals surface area contributed by atoms with Crippen LogP contribution < -0.4 is 37.7 Å². The molecule has 1 heterocycles. The zero-order valence-corrected chi connectivity index (χ0v) is 38.5. The third kappa shape index (κ3) is 38.3. The number of carbonyl (C=O) groups is 11. The van der Waals surface area contributed by atoms with E-state index in [1.54, 1.807) is 34.6 Å². The van der Waals surface area contributed by atoms with E-state index in [0.717, 1.165) is 43.4 Å². The van der Waals surface area contributed by atoms with Crippen molar-refractivity contribution >= 4 is 65.8 Å². The van der Waals surface area contributed by atoms with E-state index < -0.39 is 67.2 Å². The first kappa shape index (κ1) is 61.9. The minimum atomic E-state index is -0.890. The molecule has 1 aromatic heterocycles. The molecule has 0 aliphatic carbocycles. The summed E-state index contributed by atoms with van der Waals surface area (Å²) in [5.74, 6) is -6.84. The van der Waals surface area contributed by atoms with E-state index >= 15 is 0 Å². The standard InChI is InChI=1S/C14H18N2O8.C14H22N2O7.C12H18N2O7/c1-3-15-13(19)16-6-7-21-11(17)4-5-12(18)22-8-10-9(2)23-14(20)24-10;1-4-15-14(20)16-7-8-21-11(17)5-6-12(18)22-9-23-13(19)10(2)3;1-3-13-12(18)14-6-7-19-10(16)4-5-11(17)21-8-20-9(2)15/h4-5H,3,6-8H2,1-2H3,(H2,15,16,19);5-6,10H,4,7-9H2,1-3H3,(H2,15,16,20);4-5H,3,6-8H2,1-2H3,(H2,13,14,18)/b5-4+;6-5+;5-4+. The molecule has 0 radical (unpaired) electrons. The van der Waals surface area contributed by atoms with Gasteiger partial charge in [0.1, 0.15) is 19.8 Å². The Labute approximate surface area is 389 Å². The molecule has 0 bridgehead atoms. The summed E-state index contributed by atoms with van der Waals surface area (Å²) in [6, 6.07) is -1.09. The van der Waals surface area contributed by atoms with Crippen molar-refractivity contribution in [2.24, 2.45) is 5.92 Å². The van der Waals surface area contributed by atoms with Crippen LogP contribution in [0.3, 0.4) is 0 Å². The number of esters is 8. The molecular weight excluding hydrogens is 916 g/mol. The molecule has 28 heteroatoms. The van der Waals surface area contributed by atoms with Gasteiger partial charge in [-0.1, -0.05) is 13.8 Å². The van der Waals surface area contributed by atoms with Crippen molar-refractivity contribution in [1.29, 1.82) is 0 Å². The molecule has 0 aromatic carbocycles. The highest BCUT2D eigenvalue weighted by atomic mass is 16.7. The van der Waals surface area contributed by atoms with Crippen molar-refractivity contribution < 1.29 is 99.5 Å². The molecular formula is C40H58N6O22. The van der Waals surface area contributed by atoms with E-state index in [-0.39, 0.29) is 81.6 Å². The topological polar surface area (TPSA) is 377 Å². The predicted octanol–water partition coefficient (Wildman–Crippen LogP) is -0.424. The van der Waals surface area contributed by atoms with Crippen molar-refractivity contribution in [3.8, 4) is 0 Å². The minimum Gasteiger partial charge on any atom is -0.461 e. The van der Waals surface area contributed by atoms with Crippen molar-refractivity contribution in [3.63, 3.8) is 0 Å². The first-order chi connectivity index (χ1) is 32.2. The summed E-state index contributed by atoms with van der Waals surface area (Å²) in [5, 5.41) is 14.9. The van der Waals surface area contributed by atoms with E-state index in [1.807, 2.05) is 0 Å². The predicted molar refractivity (Wildman–Crippen MR) is 228 cm³/mol. The number of aryl methyl sites for hydroxylation is 1. The van der Waals surface area contributed by atoms with E-state index in [0.29, 0.717) is 19.6 Å².